The predicted molar refractivity (Wildman–Crippen MR) is 102 cm³/mol. The van der Waals surface area contributed by atoms with Crippen molar-refractivity contribution in [2.45, 2.75) is 31.8 Å². The second kappa shape index (κ2) is 6.96. The van der Waals surface area contributed by atoms with Crippen LogP contribution in [0.4, 0.5) is 5.69 Å². The number of non-ortho nitro benzene ring substituents is 1. The van der Waals surface area contributed by atoms with Gasteiger partial charge in [0.1, 0.15) is 17.2 Å². The molecule has 10 nitrogen and oxygen atoms in total. The lowest BCUT2D eigenvalue weighted by atomic mass is 9.95. The third kappa shape index (κ3) is 3.15. The monoisotopic (exact) mass is 396 g/mol. The van der Waals surface area contributed by atoms with E-state index in [0.717, 1.165) is 44.1 Å². The van der Waals surface area contributed by atoms with Gasteiger partial charge in [-0.3, -0.25) is 14.9 Å². The first-order valence-electron chi connectivity index (χ1n) is 9.70. The molecular weight excluding hydrogens is 376 g/mol. The molecule has 1 aromatic carbocycles. The number of hydrogen-bond donors (Lipinski definition) is 1. The highest BCUT2D eigenvalue weighted by atomic mass is 16.6. The molecule has 2 aliphatic rings. The first-order chi connectivity index (χ1) is 14.1. The Bertz CT molecular complexity index is 1100. The van der Waals surface area contributed by atoms with Crippen LogP contribution in [-0.4, -0.2) is 50.1 Å². The van der Waals surface area contributed by atoms with E-state index in [4.69, 9.17) is 4.42 Å². The number of piperidine rings is 1. The van der Waals surface area contributed by atoms with Crippen LogP contribution in [0.5, 0.6) is 0 Å². The van der Waals surface area contributed by atoms with E-state index in [9.17, 15) is 14.9 Å². The molecule has 1 saturated heterocycles. The molecule has 2 aliphatic heterocycles. The SMILES string of the molecule is O=C(c1cc2cc([N+](=O)[O-])ccc2o1)N1CCC(c2nnc3n2CCNC3)CC1. The summed E-state index contributed by atoms with van der Waals surface area (Å²) < 4.78 is 7.84. The van der Waals surface area contributed by atoms with Gasteiger partial charge in [0.2, 0.25) is 0 Å². The van der Waals surface area contributed by atoms with Crippen LogP contribution in [0.3, 0.4) is 0 Å². The first-order valence-corrected chi connectivity index (χ1v) is 9.70. The zero-order chi connectivity index (χ0) is 20.0. The molecule has 5 rings (SSSR count). The summed E-state index contributed by atoms with van der Waals surface area (Å²) in [6.45, 7) is 3.76. The fourth-order valence-electron chi connectivity index (χ4n) is 4.16. The van der Waals surface area contributed by atoms with Gasteiger partial charge >= 0.3 is 0 Å². The van der Waals surface area contributed by atoms with Crippen molar-refractivity contribution in [3.05, 3.63) is 51.8 Å². The number of nitrogens with one attached hydrogen (secondary N) is 1. The smallest absolute Gasteiger partial charge is 0.289 e. The van der Waals surface area contributed by atoms with Crippen LogP contribution in [0.2, 0.25) is 0 Å². The van der Waals surface area contributed by atoms with Gasteiger partial charge in [0.25, 0.3) is 11.6 Å². The maximum absolute atomic E-state index is 12.9. The summed E-state index contributed by atoms with van der Waals surface area (Å²) in [4.78, 5) is 25.1. The molecule has 150 valence electrons. The number of hydrogen-bond acceptors (Lipinski definition) is 7. The van der Waals surface area contributed by atoms with Gasteiger partial charge < -0.3 is 19.2 Å². The summed E-state index contributed by atoms with van der Waals surface area (Å²) in [7, 11) is 0. The van der Waals surface area contributed by atoms with Gasteiger partial charge in [0, 0.05) is 49.6 Å². The molecule has 0 saturated carbocycles. The third-order valence-electron chi connectivity index (χ3n) is 5.72. The highest BCUT2D eigenvalue weighted by molar-refractivity contribution is 5.96. The van der Waals surface area contributed by atoms with E-state index < -0.39 is 4.92 Å². The molecule has 0 spiro atoms. The number of likely N-dealkylation sites (tertiary alicyclic amines) is 1. The number of benzene rings is 1. The molecule has 0 unspecified atom stereocenters. The van der Waals surface area contributed by atoms with Crippen molar-refractivity contribution < 1.29 is 14.1 Å². The quantitative estimate of drug-likeness (QED) is 0.531. The third-order valence-corrected chi connectivity index (χ3v) is 5.72. The minimum Gasteiger partial charge on any atom is -0.451 e. The highest BCUT2D eigenvalue weighted by Gasteiger charge is 2.30. The van der Waals surface area contributed by atoms with Crippen molar-refractivity contribution in [1.82, 2.24) is 25.0 Å². The topological polar surface area (TPSA) is 119 Å². The summed E-state index contributed by atoms with van der Waals surface area (Å²) in [6.07, 6.45) is 1.64. The lowest BCUT2D eigenvalue weighted by Crippen LogP contribution is -2.38. The Labute approximate surface area is 165 Å². The number of amides is 1. The van der Waals surface area contributed by atoms with Crippen LogP contribution < -0.4 is 5.32 Å². The van der Waals surface area contributed by atoms with Crippen LogP contribution in [0, 0.1) is 10.1 Å². The number of furan rings is 1. The second-order valence-corrected chi connectivity index (χ2v) is 7.46. The molecule has 2 aromatic heterocycles. The number of carbonyl (C=O) groups excluding carboxylic acids is 1. The Hall–Kier alpha value is -3.27. The van der Waals surface area contributed by atoms with E-state index in [2.05, 4.69) is 20.1 Å². The summed E-state index contributed by atoms with van der Waals surface area (Å²) in [5.41, 5.74) is 0.447. The highest BCUT2D eigenvalue weighted by Crippen LogP contribution is 2.30. The van der Waals surface area contributed by atoms with Crippen molar-refractivity contribution in [1.29, 1.82) is 0 Å². The normalized spacial score (nSPS) is 17.4. The second-order valence-electron chi connectivity index (χ2n) is 7.46. The minimum absolute atomic E-state index is 0.0232. The summed E-state index contributed by atoms with van der Waals surface area (Å²) in [5.74, 6) is 2.31. The fraction of sp³-hybridized carbons (Fsp3) is 0.421. The standard InChI is InChI=1S/C19H20N6O4/c26-19(16-10-13-9-14(25(27)28)1-2-15(13)29-16)23-6-3-12(4-7-23)18-22-21-17-11-20-5-8-24(17)18/h1-2,9-10,12,20H,3-8,11H2. The van der Waals surface area contributed by atoms with E-state index in [1.54, 1.807) is 11.0 Å². The van der Waals surface area contributed by atoms with E-state index in [1.807, 2.05) is 0 Å². The van der Waals surface area contributed by atoms with Crippen LogP contribution in [0.15, 0.2) is 28.7 Å². The average Bonchev–Trinajstić information content (AvgIpc) is 3.37. The van der Waals surface area contributed by atoms with Crippen molar-refractivity contribution in [3.8, 4) is 0 Å². The molecule has 0 atom stereocenters. The molecule has 4 heterocycles. The van der Waals surface area contributed by atoms with Crippen molar-refractivity contribution in [2.75, 3.05) is 19.6 Å². The van der Waals surface area contributed by atoms with E-state index in [1.165, 1.54) is 18.2 Å². The van der Waals surface area contributed by atoms with Crippen molar-refractivity contribution in [3.63, 3.8) is 0 Å². The van der Waals surface area contributed by atoms with Gasteiger partial charge in [0.15, 0.2) is 5.76 Å². The first kappa shape index (κ1) is 17.8. The van der Waals surface area contributed by atoms with E-state index in [-0.39, 0.29) is 23.3 Å². The number of aromatic nitrogens is 3. The molecular formula is C19H20N6O4. The number of nitro groups is 1. The number of nitro benzene ring substituents is 1. The maximum atomic E-state index is 12.9. The Kier molecular flexibility index (Phi) is 4.27. The number of nitrogens with zero attached hydrogens (tertiary/aromatic N) is 5. The van der Waals surface area contributed by atoms with Crippen molar-refractivity contribution in [2.24, 2.45) is 0 Å². The van der Waals surface area contributed by atoms with Crippen LogP contribution in [0.1, 0.15) is 41.0 Å². The van der Waals surface area contributed by atoms with Gasteiger partial charge in [0.05, 0.1) is 11.5 Å². The van der Waals surface area contributed by atoms with Gasteiger partial charge in [-0.25, -0.2) is 0 Å². The fourth-order valence-corrected chi connectivity index (χ4v) is 4.16. The van der Waals surface area contributed by atoms with Gasteiger partial charge in [-0.15, -0.1) is 10.2 Å². The van der Waals surface area contributed by atoms with Gasteiger partial charge in [-0.1, -0.05) is 0 Å². The van der Waals surface area contributed by atoms with Crippen LogP contribution in [-0.2, 0) is 13.1 Å². The van der Waals surface area contributed by atoms with E-state index >= 15 is 0 Å². The molecule has 1 N–H and O–H groups in total. The van der Waals surface area contributed by atoms with Crippen molar-refractivity contribution >= 4 is 22.6 Å². The Morgan fingerprint density at radius 1 is 1.21 bits per heavy atom. The largest absolute Gasteiger partial charge is 0.451 e. The number of rotatable bonds is 3. The molecule has 10 heteroatoms. The predicted octanol–water partition coefficient (Wildman–Crippen LogP) is 2.06. The molecule has 0 bridgehead atoms. The Morgan fingerprint density at radius 2 is 2.03 bits per heavy atom. The minimum atomic E-state index is -0.460. The summed E-state index contributed by atoms with van der Waals surface area (Å²) in [5, 5.41) is 23.5. The lowest BCUT2D eigenvalue weighted by molar-refractivity contribution is -0.384. The summed E-state index contributed by atoms with van der Waals surface area (Å²) in [6, 6.07) is 5.91. The molecule has 3 aromatic rings. The molecule has 1 fully saturated rings. The molecule has 29 heavy (non-hydrogen) atoms. The Morgan fingerprint density at radius 3 is 2.83 bits per heavy atom. The molecule has 0 radical (unpaired) electrons. The van der Waals surface area contributed by atoms with Crippen LogP contribution >= 0.6 is 0 Å². The number of carbonyl (C=O) groups is 1. The zero-order valence-corrected chi connectivity index (χ0v) is 15.7. The average molecular weight is 396 g/mol. The van der Waals surface area contributed by atoms with Crippen LogP contribution in [0.25, 0.3) is 11.0 Å². The maximum Gasteiger partial charge on any atom is 0.289 e. The van der Waals surface area contributed by atoms with E-state index in [0.29, 0.717) is 24.1 Å². The summed E-state index contributed by atoms with van der Waals surface area (Å²) >= 11 is 0. The Balaban J connectivity index is 1.29. The van der Waals surface area contributed by atoms with Gasteiger partial charge in [-0.2, -0.15) is 0 Å². The van der Waals surface area contributed by atoms with Gasteiger partial charge in [-0.05, 0) is 25.0 Å². The number of fused-ring (bicyclic) bond motifs is 2. The zero-order valence-electron chi connectivity index (χ0n) is 15.7. The molecule has 1 amide bonds. The molecule has 0 aliphatic carbocycles. The lowest BCUT2D eigenvalue weighted by Gasteiger charge is -2.31.